The molecule has 1 aliphatic heterocycles. The molecule has 2 heterocycles. The summed E-state index contributed by atoms with van der Waals surface area (Å²) in [6.45, 7) is 2.74. The zero-order valence-electron chi connectivity index (χ0n) is 21.3. The van der Waals surface area contributed by atoms with E-state index in [-0.39, 0.29) is 28.3 Å². The molecule has 3 aromatic rings. The molecule has 7 nitrogen and oxygen atoms in total. The first-order valence-electron chi connectivity index (χ1n) is 12.0. The van der Waals surface area contributed by atoms with Gasteiger partial charge in [-0.15, -0.1) is 0 Å². The Bertz CT molecular complexity index is 1430. The van der Waals surface area contributed by atoms with E-state index in [1.54, 1.807) is 26.0 Å². The molecule has 212 valence electrons. The van der Waals surface area contributed by atoms with Crippen LogP contribution in [0.4, 0.5) is 32.2 Å². The number of benzene rings is 2. The summed E-state index contributed by atoms with van der Waals surface area (Å²) in [4.78, 5) is 26.5. The number of aryl methyl sites for hydroxylation is 2. The number of hydrogen-bond donors (Lipinski definition) is 3. The van der Waals surface area contributed by atoms with Crippen LogP contribution in [0.3, 0.4) is 0 Å². The van der Waals surface area contributed by atoms with E-state index in [1.165, 1.54) is 18.2 Å². The van der Waals surface area contributed by atoms with Gasteiger partial charge in [-0.1, -0.05) is 42.0 Å². The summed E-state index contributed by atoms with van der Waals surface area (Å²) in [5.41, 5.74) is -2.31. The molecule has 0 radical (unpaired) electrons. The van der Waals surface area contributed by atoms with E-state index in [0.29, 0.717) is 5.69 Å². The number of aromatic nitrogens is 2. The highest BCUT2D eigenvalue weighted by atomic mass is 19.4. The van der Waals surface area contributed by atoms with Crippen molar-refractivity contribution < 1.29 is 40.7 Å². The third kappa shape index (κ3) is 6.13. The normalized spacial score (nSPS) is 17.9. The van der Waals surface area contributed by atoms with Crippen LogP contribution < -0.4 is 15.4 Å². The van der Waals surface area contributed by atoms with E-state index in [4.69, 9.17) is 4.74 Å². The molecule has 4 rings (SSSR count). The van der Waals surface area contributed by atoms with Crippen molar-refractivity contribution in [1.29, 1.82) is 0 Å². The Hall–Kier alpha value is -4.29. The number of nitrogens with one attached hydrogen (secondary N) is 3. The SMILES string of the molecule is Cc1ccc(C2=C(C(=O)Nc3cc(C)[nH]n3)C(=O)NC(c3ccc(OCCC(F)(F)F)cc3)(C(F)(F)F)C2)cc1. The van der Waals surface area contributed by atoms with Gasteiger partial charge in [0.2, 0.25) is 0 Å². The number of halogens is 6. The van der Waals surface area contributed by atoms with Gasteiger partial charge in [0.15, 0.2) is 11.4 Å². The first-order valence-corrected chi connectivity index (χ1v) is 12.0. The van der Waals surface area contributed by atoms with Gasteiger partial charge in [0.05, 0.1) is 13.0 Å². The van der Waals surface area contributed by atoms with Crippen LogP contribution in [0.5, 0.6) is 5.75 Å². The van der Waals surface area contributed by atoms with Crippen LogP contribution >= 0.6 is 0 Å². The van der Waals surface area contributed by atoms with E-state index >= 15 is 0 Å². The van der Waals surface area contributed by atoms with Gasteiger partial charge in [0.25, 0.3) is 11.8 Å². The maximum absolute atomic E-state index is 14.8. The fraction of sp³-hybridized carbons (Fsp3) is 0.296. The summed E-state index contributed by atoms with van der Waals surface area (Å²) in [7, 11) is 0. The lowest BCUT2D eigenvalue weighted by Crippen LogP contribution is -2.59. The Morgan fingerprint density at radius 3 is 2.23 bits per heavy atom. The van der Waals surface area contributed by atoms with Crippen LogP contribution in [0.25, 0.3) is 5.57 Å². The quantitative estimate of drug-likeness (QED) is 0.252. The summed E-state index contributed by atoms with van der Waals surface area (Å²) >= 11 is 0. The average Bonchev–Trinajstić information content (AvgIpc) is 3.27. The lowest BCUT2D eigenvalue weighted by Gasteiger charge is -2.41. The van der Waals surface area contributed by atoms with Crippen LogP contribution in [-0.2, 0) is 15.1 Å². The number of amides is 2. The van der Waals surface area contributed by atoms with Crippen LogP contribution in [0, 0.1) is 13.8 Å². The van der Waals surface area contributed by atoms with Crippen molar-refractivity contribution in [3.8, 4) is 5.75 Å². The summed E-state index contributed by atoms with van der Waals surface area (Å²) < 4.78 is 86.7. The van der Waals surface area contributed by atoms with Crippen molar-refractivity contribution in [3.63, 3.8) is 0 Å². The Labute approximate surface area is 224 Å². The minimum atomic E-state index is -5.03. The molecule has 0 spiro atoms. The highest BCUT2D eigenvalue weighted by Gasteiger charge is 2.60. The van der Waals surface area contributed by atoms with Gasteiger partial charge in [0.1, 0.15) is 11.3 Å². The van der Waals surface area contributed by atoms with Gasteiger partial charge in [-0.3, -0.25) is 14.7 Å². The number of nitrogens with zero attached hydrogens (tertiary/aromatic N) is 1. The number of alkyl halides is 6. The van der Waals surface area contributed by atoms with Gasteiger partial charge < -0.3 is 15.4 Å². The van der Waals surface area contributed by atoms with Crippen LogP contribution in [0.2, 0.25) is 0 Å². The zero-order valence-corrected chi connectivity index (χ0v) is 21.3. The van der Waals surface area contributed by atoms with E-state index in [9.17, 15) is 35.9 Å². The van der Waals surface area contributed by atoms with E-state index in [0.717, 1.165) is 29.8 Å². The predicted octanol–water partition coefficient (Wildman–Crippen LogP) is 5.73. The minimum Gasteiger partial charge on any atom is -0.493 e. The van der Waals surface area contributed by atoms with E-state index in [2.05, 4.69) is 15.5 Å². The molecule has 0 fully saturated rings. The van der Waals surface area contributed by atoms with Gasteiger partial charge in [0, 0.05) is 18.2 Å². The molecule has 1 unspecified atom stereocenters. The Morgan fingerprint density at radius 1 is 1.02 bits per heavy atom. The molecule has 1 aromatic heterocycles. The summed E-state index contributed by atoms with van der Waals surface area (Å²) in [6.07, 6.45) is -11.5. The van der Waals surface area contributed by atoms with Crippen LogP contribution in [-0.4, -0.2) is 41.0 Å². The lowest BCUT2D eigenvalue weighted by atomic mass is 9.76. The Kier molecular flexibility index (Phi) is 7.68. The van der Waals surface area contributed by atoms with Crippen molar-refractivity contribution in [1.82, 2.24) is 15.5 Å². The largest absolute Gasteiger partial charge is 0.493 e. The number of hydrogen-bond acceptors (Lipinski definition) is 4. The number of ether oxygens (including phenoxy) is 1. The third-order valence-electron chi connectivity index (χ3n) is 6.36. The van der Waals surface area contributed by atoms with Crippen molar-refractivity contribution in [2.24, 2.45) is 0 Å². The first-order chi connectivity index (χ1) is 18.7. The number of H-pyrrole nitrogens is 1. The maximum atomic E-state index is 14.8. The average molecular weight is 567 g/mol. The Morgan fingerprint density at radius 2 is 1.68 bits per heavy atom. The van der Waals surface area contributed by atoms with Crippen LogP contribution in [0.15, 0.2) is 60.2 Å². The maximum Gasteiger partial charge on any atom is 0.416 e. The minimum absolute atomic E-state index is 0.0730. The molecule has 2 amide bonds. The van der Waals surface area contributed by atoms with Crippen molar-refractivity contribution in [3.05, 3.63) is 82.6 Å². The molecule has 0 aliphatic carbocycles. The van der Waals surface area contributed by atoms with Gasteiger partial charge in [-0.05, 0) is 42.7 Å². The lowest BCUT2D eigenvalue weighted by molar-refractivity contribution is -0.201. The smallest absolute Gasteiger partial charge is 0.416 e. The van der Waals surface area contributed by atoms with Crippen molar-refractivity contribution in [2.75, 3.05) is 11.9 Å². The number of carbonyl (C=O) groups excluding carboxylic acids is 2. The van der Waals surface area contributed by atoms with Crippen molar-refractivity contribution >= 4 is 23.2 Å². The molecule has 13 heteroatoms. The summed E-state index contributed by atoms with van der Waals surface area (Å²) in [5, 5.41) is 10.9. The summed E-state index contributed by atoms with van der Waals surface area (Å²) in [5.74, 6) is -2.19. The molecule has 0 saturated carbocycles. The van der Waals surface area contributed by atoms with E-state index < -0.39 is 54.7 Å². The fourth-order valence-corrected chi connectivity index (χ4v) is 4.32. The number of rotatable bonds is 7. The standard InChI is InChI=1S/C27H24F6N4O3/c1-15-3-5-17(6-4-15)20-14-25(27(31,32)33,18-7-9-19(10-8-18)40-12-11-26(28,29)30)35-24(39)22(20)23(38)34-21-13-16(2)36-37-21/h3-10,13H,11-12,14H2,1-2H3,(H,35,39)(H2,34,36,37,38). The molecule has 0 saturated heterocycles. The topological polar surface area (TPSA) is 96.1 Å². The number of carbonyl (C=O) groups is 2. The molecule has 1 atom stereocenters. The van der Waals surface area contributed by atoms with Gasteiger partial charge in [-0.2, -0.15) is 31.4 Å². The molecular formula is C27H24F6N4O3. The molecular weight excluding hydrogens is 542 g/mol. The zero-order chi connectivity index (χ0) is 29.3. The second-order valence-corrected chi connectivity index (χ2v) is 9.38. The second kappa shape index (κ2) is 10.7. The molecule has 1 aliphatic rings. The predicted molar refractivity (Wildman–Crippen MR) is 133 cm³/mol. The van der Waals surface area contributed by atoms with Gasteiger partial charge >= 0.3 is 12.4 Å². The highest BCUT2D eigenvalue weighted by molar-refractivity contribution is 6.28. The molecule has 0 bridgehead atoms. The van der Waals surface area contributed by atoms with E-state index in [1.807, 2.05) is 5.32 Å². The molecule has 40 heavy (non-hydrogen) atoms. The fourth-order valence-electron chi connectivity index (χ4n) is 4.32. The number of anilines is 1. The third-order valence-corrected chi connectivity index (χ3v) is 6.36. The van der Waals surface area contributed by atoms with Crippen LogP contribution in [0.1, 0.15) is 35.2 Å². The number of aromatic amines is 1. The van der Waals surface area contributed by atoms with Gasteiger partial charge in [-0.25, -0.2) is 0 Å². The summed E-state index contributed by atoms with van der Waals surface area (Å²) in [6, 6.07) is 12.1. The monoisotopic (exact) mass is 566 g/mol. The molecule has 2 aromatic carbocycles. The molecule has 3 N–H and O–H groups in total. The first kappa shape index (κ1) is 28.7. The van der Waals surface area contributed by atoms with Crippen molar-refractivity contribution in [2.45, 2.75) is 44.6 Å². The Balaban J connectivity index is 1.75. The second-order valence-electron chi connectivity index (χ2n) is 9.38. The highest BCUT2D eigenvalue weighted by Crippen LogP contribution is 2.48.